The van der Waals surface area contributed by atoms with Crippen molar-refractivity contribution in [1.29, 1.82) is 0 Å². The van der Waals surface area contributed by atoms with E-state index in [2.05, 4.69) is 12.6 Å². The summed E-state index contributed by atoms with van der Waals surface area (Å²) >= 11 is 4.12. The molecule has 1 atom stereocenters. The fourth-order valence-electron chi connectivity index (χ4n) is 0.807. The fourth-order valence-corrected chi connectivity index (χ4v) is 2.37. The van der Waals surface area contributed by atoms with Gasteiger partial charge in [-0.1, -0.05) is 6.07 Å². The molecule has 2 rings (SSSR count). The summed E-state index contributed by atoms with van der Waals surface area (Å²) in [5, 5.41) is 0. The number of thiol groups is 1. The Morgan fingerprint density at radius 1 is 1.44 bits per heavy atom. The van der Waals surface area contributed by atoms with E-state index >= 15 is 0 Å². The average molecular weight is 156 g/mol. The van der Waals surface area contributed by atoms with Crippen molar-refractivity contribution < 1.29 is 4.21 Å². The van der Waals surface area contributed by atoms with Gasteiger partial charge in [0.25, 0.3) is 0 Å². The van der Waals surface area contributed by atoms with Crippen LogP contribution in [0.2, 0.25) is 0 Å². The van der Waals surface area contributed by atoms with Crippen LogP contribution in [0, 0.1) is 0 Å². The Kier molecular flexibility index (Phi) is 0.983. The smallest absolute Gasteiger partial charge is 0.0886 e. The van der Waals surface area contributed by atoms with Crippen LogP contribution in [-0.2, 0) is 10.8 Å². The van der Waals surface area contributed by atoms with Crippen LogP contribution < -0.4 is 0 Å². The molecular weight excluding hydrogens is 152 g/mol. The van der Waals surface area contributed by atoms with Gasteiger partial charge in [-0.2, -0.15) is 0 Å². The van der Waals surface area contributed by atoms with Gasteiger partial charge in [-0.3, -0.25) is 0 Å². The average Bonchev–Trinajstić information content (AvgIpc) is 2.45. The van der Waals surface area contributed by atoms with E-state index in [1.165, 1.54) is 0 Å². The molecule has 0 radical (unpaired) electrons. The third-order valence-electron chi connectivity index (χ3n) is 1.30. The molecule has 46 valence electrons. The van der Waals surface area contributed by atoms with Crippen LogP contribution in [0.1, 0.15) is 0 Å². The van der Waals surface area contributed by atoms with Crippen LogP contribution in [0.4, 0.5) is 0 Å². The van der Waals surface area contributed by atoms with Gasteiger partial charge in [0.2, 0.25) is 0 Å². The Bertz CT molecular complexity index is 293. The molecule has 9 heavy (non-hydrogen) atoms. The maximum absolute atomic E-state index is 10.8. The molecule has 0 fully saturated rings. The maximum atomic E-state index is 10.8. The molecule has 0 bridgehead atoms. The van der Waals surface area contributed by atoms with Crippen LogP contribution in [-0.4, -0.2) is 4.21 Å². The van der Waals surface area contributed by atoms with Crippen molar-refractivity contribution in [1.82, 2.24) is 0 Å². The van der Waals surface area contributed by atoms with Crippen molar-refractivity contribution in [2.24, 2.45) is 0 Å². The highest BCUT2D eigenvalue weighted by atomic mass is 32.2. The van der Waals surface area contributed by atoms with E-state index in [9.17, 15) is 4.21 Å². The molecular formula is C6H4OS2. The molecule has 0 N–H and O–H groups in total. The first-order valence-corrected chi connectivity index (χ1v) is 4.14. The molecule has 0 saturated heterocycles. The summed E-state index contributed by atoms with van der Waals surface area (Å²) in [4.78, 5) is 2.72. The molecule has 1 aliphatic rings. The fraction of sp³-hybridized carbons (Fsp3) is 0. The number of fused-ring (bicyclic) bond motifs is 1. The molecule has 0 spiro atoms. The predicted molar refractivity (Wildman–Crippen MR) is 38.4 cm³/mol. The first-order chi connectivity index (χ1) is 4.30. The summed E-state index contributed by atoms with van der Waals surface area (Å²) in [7, 11) is -0.802. The lowest BCUT2D eigenvalue weighted by molar-refractivity contribution is 0.692. The third-order valence-corrected chi connectivity index (χ3v) is 3.17. The third kappa shape index (κ3) is 0.650. The molecule has 0 aliphatic carbocycles. The predicted octanol–water partition coefficient (Wildman–Crippen LogP) is 1.46. The van der Waals surface area contributed by atoms with Gasteiger partial charge in [0, 0.05) is 4.90 Å². The van der Waals surface area contributed by atoms with Crippen molar-refractivity contribution in [3.63, 3.8) is 0 Å². The molecule has 0 aromatic heterocycles. The summed E-state index contributed by atoms with van der Waals surface area (Å²) in [6.45, 7) is 0. The largest absolute Gasteiger partial charge is 0.249 e. The van der Waals surface area contributed by atoms with Crippen LogP contribution in [0.15, 0.2) is 32.9 Å². The van der Waals surface area contributed by atoms with Crippen LogP contribution in [0.3, 0.4) is 0 Å². The van der Waals surface area contributed by atoms with Gasteiger partial charge in [-0.15, -0.1) is 12.6 Å². The van der Waals surface area contributed by atoms with Crippen LogP contribution in [0.5, 0.6) is 0 Å². The zero-order valence-corrected chi connectivity index (χ0v) is 6.21. The second-order valence-electron chi connectivity index (χ2n) is 1.87. The Balaban J connectivity index is 2.74. The van der Waals surface area contributed by atoms with E-state index in [1.54, 1.807) is 0 Å². The maximum Gasteiger partial charge on any atom is 0.0886 e. The van der Waals surface area contributed by atoms with Gasteiger partial charge in [0.15, 0.2) is 0 Å². The summed E-state index contributed by atoms with van der Waals surface area (Å²) in [6.07, 6.45) is 0. The lowest BCUT2D eigenvalue weighted by Crippen LogP contribution is -1.57. The van der Waals surface area contributed by atoms with E-state index in [0.29, 0.717) is 0 Å². The summed E-state index contributed by atoms with van der Waals surface area (Å²) in [5.74, 6) is 0. The van der Waals surface area contributed by atoms with Crippen molar-refractivity contribution in [2.75, 3.05) is 0 Å². The first kappa shape index (κ1) is 5.50. The van der Waals surface area contributed by atoms with E-state index in [1.807, 2.05) is 18.2 Å². The molecule has 1 aromatic rings. The minimum absolute atomic E-state index is 0.802. The molecule has 0 amide bonds. The number of hydrogen-bond donors (Lipinski definition) is 1. The van der Waals surface area contributed by atoms with Gasteiger partial charge in [0.05, 0.1) is 20.6 Å². The topological polar surface area (TPSA) is 17.1 Å². The zero-order valence-electron chi connectivity index (χ0n) is 4.50. The quantitative estimate of drug-likeness (QED) is 0.451. The Hall–Kier alpha value is -0.280. The normalized spacial score (nSPS) is 21.2. The van der Waals surface area contributed by atoms with Gasteiger partial charge in [-0.25, -0.2) is 4.21 Å². The highest BCUT2D eigenvalue weighted by Crippen LogP contribution is 2.39. The van der Waals surface area contributed by atoms with E-state index in [4.69, 9.17) is 0 Å². The van der Waals surface area contributed by atoms with Gasteiger partial charge in [0.1, 0.15) is 0 Å². The van der Waals surface area contributed by atoms with Gasteiger partial charge < -0.3 is 0 Å². The molecule has 1 aromatic carbocycles. The van der Waals surface area contributed by atoms with Crippen molar-refractivity contribution in [3.05, 3.63) is 18.2 Å². The zero-order chi connectivity index (χ0) is 6.43. The molecule has 1 nitrogen and oxygen atoms in total. The van der Waals surface area contributed by atoms with Gasteiger partial charge in [-0.05, 0) is 12.1 Å². The first-order valence-electron chi connectivity index (χ1n) is 2.54. The molecule has 0 saturated carbocycles. The summed E-state index contributed by atoms with van der Waals surface area (Å²) < 4.78 is 10.8. The number of rotatable bonds is 0. The lowest BCUT2D eigenvalue weighted by Gasteiger charge is -1.78. The standard InChI is InChI=1S/C6H4OS2/c7-9-5-3-1-2-4(8)6(5)9/h1-3,8H. The van der Waals surface area contributed by atoms with Crippen molar-refractivity contribution >= 4 is 23.4 Å². The minimum Gasteiger partial charge on any atom is -0.249 e. The summed E-state index contributed by atoms with van der Waals surface area (Å²) in [6, 6.07) is 5.59. The molecule has 3 heteroatoms. The Morgan fingerprint density at radius 3 is 2.78 bits per heavy atom. The monoisotopic (exact) mass is 156 g/mol. The molecule has 1 aliphatic heterocycles. The number of hydrogen-bond acceptors (Lipinski definition) is 2. The Morgan fingerprint density at radius 2 is 2.22 bits per heavy atom. The van der Waals surface area contributed by atoms with Crippen LogP contribution in [0.25, 0.3) is 0 Å². The van der Waals surface area contributed by atoms with E-state index < -0.39 is 10.8 Å². The molecule has 1 heterocycles. The Labute approximate surface area is 61.0 Å². The van der Waals surface area contributed by atoms with Crippen LogP contribution >= 0.6 is 12.6 Å². The minimum atomic E-state index is -0.802. The second kappa shape index (κ2) is 1.61. The lowest BCUT2D eigenvalue weighted by atomic mass is 10.4. The highest BCUT2D eigenvalue weighted by molar-refractivity contribution is 7.92. The summed E-state index contributed by atoms with van der Waals surface area (Å²) in [5.41, 5.74) is 0. The van der Waals surface area contributed by atoms with E-state index in [-0.39, 0.29) is 0 Å². The van der Waals surface area contributed by atoms with Crippen molar-refractivity contribution in [2.45, 2.75) is 14.7 Å². The van der Waals surface area contributed by atoms with Gasteiger partial charge >= 0.3 is 0 Å². The SMILES string of the molecule is O=S1c2cccc(S)c21. The molecule has 1 unspecified atom stereocenters. The highest BCUT2D eigenvalue weighted by Gasteiger charge is 2.29. The van der Waals surface area contributed by atoms with E-state index in [0.717, 1.165) is 14.7 Å². The number of benzene rings is 1. The van der Waals surface area contributed by atoms with Crippen molar-refractivity contribution in [3.8, 4) is 0 Å². The second-order valence-corrected chi connectivity index (χ2v) is 3.74.